The highest BCUT2D eigenvalue weighted by Crippen LogP contribution is 2.14. The van der Waals surface area contributed by atoms with E-state index < -0.39 is 5.82 Å². The first kappa shape index (κ1) is 17.4. The van der Waals surface area contributed by atoms with E-state index in [4.69, 9.17) is 4.74 Å². The Balaban J connectivity index is 1.48. The van der Waals surface area contributed by atoms with Gasteiger partial charge in [-0.05, 0) is 36.2 Å². The molecule has 5 heteroatoms. The smallest absolute Gasteiger partial charge is 0.256 e. The van der Waals surface area contributed by atoms with Gasteiger partial charge in [0.1, 0.15) is 11.6 Å². The van der Waals surface area contributed by atoms with E-state index in [0.717, 1.165) is 31.8 Å². The van der Waals surface area contributed by atoms with Gasteiger partial charge in [0.05, 0.1) is 12.7 Å². The lowest BCUT2D eigenvalue weighted by Crippen LogP contribution is -2.49. The highest BCUT2D eigenvalue weighted by atomic mass is 19.1. The molecule has 0 N–H and O–H groups in total. The molecule has 0 bridgehead atoms. The summed E-state index contributed by atoms with van der Waals surface area (Å²) in [6.45, 7) is 3.85. The van der Waals surface area contributed by atoms with Crippen LogP contribution in [0.3, 0.4) is 0 Å². The molecule has 0 unspecified atom stereocenters. The first-order valence-corrected chi connectivity index (χ1v) is 8.56. The van der Waals surface area contributed by atoms with Crippen LogP contribution < -0.4 is 4.74 Å². The van der Waals surface area contributed by atoms with Crippen LogP contribution in [0.4, 0.5) is 4.39 Å². The normalized spacial score (nSPS) is 15.2. The molecule has 132 valence electrons. The van der Waals surface area contributed by atoms with Crippen molar-refractivity contribution < 1.29 is 13.9 Å². The Bertz CT molecular complexity index is 710. The second kappa shape index (κ2) is 8.12. The molecular weight excluding hydrogens is 319 g/mol. The topological polar surface area (TPSA) is 32.8 Å². The Hall–Kier alpha value is -2.40. The quantitative estimate of drug-likeness (QED) is 0.838. The predicted molar refractivity (Wildman–Crippen MR) is 95.4 cm³/mol. The van der Waals surface area contributed by atoms with E-state index in [1.54, 1.807) is 30.2 Å². The third-order valence-electron chi connectivity index (χ3n) is 4.64. The lowest BCUT2D eigenvalue weighted by molar-refractivity contribution is 0.0634. The maximum atomic E-state index is 13.8. The van der Waals surface area contributed by atoms with Crippen molar-refractivity contribution in [3.8, 4) is 5.75 Å². The van der Waals surface area contributed by atoms with Crippen LogP contribution in [0.2, 0.25) is 0 Å². The first-order valence-electron chi connectivity index (χ1n) is 8.56. The zero-order chi connectivity index (χ0) is 17.6. The van der Waals surface area contributed by atoms with Gasteiger partial charge in [0.2, 0.25) is 0 Å². The van der Waals surface area contributed by atoms with Crippen LogP contribution in [-0.2, 0) is 6.42 Å². The summed E-state index contributed by atoms with van der Waals surface area (Å²) in [5.74, 6) is 0.200. The number of carbonyl (C=O) groups excluding carboxylic acids is 1. The molecule has 1 aliphatic heterocycles. The summed E-state index contributed by atoms with van der Waals surface area (Å²) in [5, 5.41) is 0. The third-order valence-corrected chi connectivity index (χ3v) is 4.64. The van der Waals surface area contributed by atoms with Gasteiger partial charge in [0.25, 0.3) is 5.91 Å². The zero-order valence-corrected chi connectivity index (χ0v) is 14.5. The minimum Gasteiger partial charge on any atom is -0.497 e. The lowest BCUT2D eigenvalue weighted by atomic mass is 10.1. The number of nitrogens with zero attached hydrogens (tertiary/aromatic N) is 2. The van der Waals surface area contributed by atoms with Gasteiger partial charge in [0, 0.05) is 32.7 Å². The molecule has 0 spiro atoms. The van der Waals surface area contributed by atoms with Crippen LogP contribution in [0.15, 0.2) is 48.5 Å². The second-order valence-corrected chi connectivity index (χ2v) is 6.21. The number of hydrogen-bond acceptors (Lipinski definition) is 3. The van der Waals surface area contributed by atoms with Crippen molar-refractivity contribution in [3.63, 3.8) is 0 Å². The van der Waals surface area contributed by atoms with Gasteiger partial charge in [-0.3, -0.25) is 9.69 Å². The fourth-order valence-corrected chi connectivity index (χ4v) is 3.06. The van der Waals surface area contributed by atoms with Crippen LogP contribution in [0.5, 0.6) is 5.75 Å². The van der Waals surface area contributed by atoms with Gasteiger partial charge in [-0.2, -0.15) is 0 Å². The number of piperazine rings is 1. The van der Waals surface area contributed by atoms with E-state index in [-0.39, 0.29) is 11.5 Å². The van der Waals surface area contributed by atoms with Crippen molar-refractivity contribution in [1.29, 1.82) is 0 Å². The van der Waals surface area contributed by atoms with E-state index in [9.17, 15) is 9.18 Å². The van der Waals surface area contributed by atoms with Crippen molar-refractivity contribution in [2.75, 3.05) is 39.8 Å². The van der Waals surface area contributed by atoms with E-state index in [1.807, 2.05) is 12.1 Å². The number of benzene rings is 2. The molecule has 1 saturated heterocycles. The molecule has 1 aliphatic rings. The number of rotatable bonds is 5. The average molecular weight is 342 g/mol. The molecule has 4 nitrogen and oxygen atoms in total. The summed E-state index contributed by atoms with van der Waals surface area (Å²) in [4.78, 5) is 16.5. The van der Waals surface area contributed by atoms with Crippen molar-refractivity contribution in [2.24, 2.45) is 0 Å². The lowest BCUT2D eigenvalue weighted by Gasteiger charge is -2.34. The van der Waals surface area contributed by atoms with Gasteiger partial charge in [-0.25, -0.2) is 4.39 Å². The second-order valence-electron chi connectivity index (χ2n) is 6.21. The molecule has 1 heterocycles. The van der Waals surface area contributed by atoms with E-state index in [0.29, 0.717) is 13.1 Å². The van der Waals surface area contributed by atoms with Crippen LogP contribution >= 0.6 is 0 Å². The standard InChI is InChI=1S/C20H23FN2O2/c1-25-17-8-6-16(7-9-17)10-11-22-12-14-23(15-13-22)20(24)18-4-2-3-5-19(18)21/h2-9H,10-15H2,1H3. The van der Waals surface area contributed by atoms with E-state index >= 15 is 0 Å². The molecule has 3 rings (SSSR count). The predicted octanol–water partition coefficient (Wildman–Crippen LogP) is 2.83. The highest BCUT2D eigenvalue weighted by molar-refractivity contribution is 5.94. The fraction of sp³-hybridized carbons (Fsp3) is 0.350. The Kier molecular flexibility index (Phi) is 5.66. The molecule has 0 radical (unpaired) electrons. The Morgan fingerprint density at radius 2 is 1.72 bits per heavy atom. The third kappa shape index (κ3) is 4.37. The largest absolute Gasteiger partial charge is 0.497 e. The van der Waals surface area contributed by atoms with Crippen LogP contribution in [0.25, 0.3) is 0 Å². The van der Waals surface area contributed by atoms with Gasteiger partial charge < -0.3 is 9.64 Å². The van der Waals surface area contributed by atoms with Gasteiger partial charge in [0.15, 0.2) is 0 Å². The zero-order valence-electron chi connectivity index (χ0n) is 14.5. The maximum absolute atomic E-state index is 13.8. The summed E-state index contributed by atoms with van der Waals surface area (Å²) >= 11 is 0. The van der Waals surface area contributed by atoms with Crippen LogP contribution in [0, 0.1) is 5.82 Å². The molecule has 25 heavy (non-hydrogen) atoms. The van der Waals surface area contributed by atoms with Crippen molar-refractivity contribution in [3.05, 3.63) is 65.5 Å². The first-order chi connectivity index (χ1) is 12.2. The fourth-order valence-electron chi connectivity index (χ4n) is 3.06. The summed E-state index contributed by atoms with van der Waals surface area (Å²) in [5.41, 5.74) is 1.43. The van der Waals surface area contributed by atoms with Crippen molar-refractivity contribution >= 4 is 5.91 Å². The molecular formula is C20H23FN2O2. The number of amides is 1. The SMILES string of the molecule is COc1ccc(CCN2CCN(C(=O)c3ccccc3F)CC2)cc1. The van der Waals surface area contributed by atoms with Gasteiger partial charge >= 0.3 is 0 Å². The van der Waals surface area contributed by atoms with Crippen LogP contribution in [-0.4, -0.2) is 55.5 Å². The van der Waals surface area contributed by atoms with Crippen LogP contribution in [0.1, 0.15) is 15.9 Å². The molecule has 0 aliphatic carbocycles. The van der Waals surface area contributed by atoms with E-state index in [1.165, 1.54) is 11.6 Å². The number of halogens is 1. The molecule has 0 saturated carbocycles. The molecule has 2 aromatic carbocycles. The summed E-state index contributed by atoms with van der Waals surface area (Å²) in [6.07, 6.45) is 0.964. The van der Waals surface area contributed by atoms with Gasteiger partial charge in [-0.15, -0.1) is 0 Å². The molecule has 0 atom stereocenters. The number of carbonyl (C=O) groups is 1. The molecule has 1 fully saturated rings. The van der Waals surface area contributed by atoms with Crippen molar-refractivity contribution in [1.82, 2.24) is 9.80 Å². The van der Waals surface area contributed by atoms with Crippen molar-refractivity contribution in [2.45, 2.75) is 6.42 Å². The summed E-state index contributed by atoms with van der Waals surface area (Å²) in [7, 11) is 1.66. The number of methoxy groups -OCH3 is 1. The van der Waals surface area contributed by atoms with E-state index in [2.05, 4.69) is 17.0 Å². The molecule has 1 amide bonds. The minimum absolute atomic E-state index is 0.161. The maximum Gasteiger partial charge on any atom is 0.256 e. The Morgan fingerprint density at radius 3 is 2.36 bits per heavy atom. The highest BCUT2D eigenvalue weighted by Gasteiger charge is 2.23. The Morgan fingerprint density at radius 1 is 1.04 bits per heavy atom. The molecule has 0 aromatic heterocycles. The number of hydrogen-bond donors (Lipinski definition) is 0. The van der Waals surface area contributed by atoms with Gasteiger partial charge in [-0.1, -0.05) is 24.3 Å². The Labute approximate surface area is 147 Å². The number of ether oxygens (including phenoxy) is 1. The minimum atomic E-state index is -0.450. The monoisotopic (exact) mass is 342 g/mol. The summed E-state index contributed by atoms with van der Waals surface area (Å²) < 4.78 is 18.9. The summed E-state index contributed by atoms with van der Waals surface area (Å²) in [6, 6.07) is 14.3. The average Bonchev–Trinajstić information content (AvgIpc) is 2.67. The molecule has 2 aromatic rings.